The molecule has 7 nitrogen and oxygen atoms in total. The predicted molar refractivity (Wildman–Crippen MR) is 103 cm³/mol. The zero-order chi connectivity index (χ0) is 20.1. The van der Waals surface area contributed by atoms with Crippen molar-refractivity contribution in [2.24, 2.45) is 11.8 Å². The Morgan fingerprint density at radius 2 is 1.11 bits per heavy atom. The van der Waals surface area contributed by atoms with Crippen LogP contribution in [-0.4, -0.2) is 28.7 Å². The van der Waals surface area contributed by atoms with Gasteiger partial charge in [0.25, 0.3) is 0 Å². The fraction of sp³-hybridized carbons (Fsp3) is 0.381. The van der Waals surface area contributed by atoms with Gasteiger partial charge in [-0.2, -0.15) is 0 Å². The maximum Gasteiger partial charge on any atom is 0.211 e. The molecule has 28 heavy (non-hydrogen) atoms. The molecule has 0 aliphatic heterocycles. The van der Waals surface area contributed by atoms with Gasteiger partial charge in [0.15, 0.2) is 0 Å². The van der Waals surface area contributed by atoms with Crippen LogP contribution in [0.1, 0.15) is 35.8 Å². The van der Waals surface area contributed by atoms with Gasteiger partial charge in [0, 0.05) is 21.7 Å². The van der Waals surface area contributed by atoms with Crippen molar-refractivity contribution in [2.45, 2.75) is 24.7 Å². The van der Waals surface area contributed by atoms with Crippen LogP contribution in [0.3, 0.4) is 0 Å². The highest BCUT2D eigenvalue weighted by atomic mass is 16.6. The summed E-state index contributed by atoms with van der Waals surface area (Å²) in [5.74, 6) is -2.10. The molecule has 0 aromatic heterocycles. The number of ketones is 1. The van der Waals surface area contributed by atoms with E-state index in [0.717, 1.165) is 11.1 Å². The maximum absolute atomic E-state index is 13.3. The van der Waals surface area contributed by atoms with Crippen LogP contribution in [0, 0.1) is 32.1 Å². The van der Waals surface area contributed by atoms with Crippen LogP contribution in [0.4, 0.5) is 0 Å². The molecule has 0 N–H and O–H groups in total. The van der Waals surface area contributed by atoms with Gasteiger partial charge in [-0.1, -0.05) is 60.7 Å². The molecule has 3 rings (SSSR count). The summed E-state index contributed by atoms with van der Waals surface area (Å²) in [6.45, 7) is -0.642. The van der Waals surface area contributed by atoms with Gasteiger partial charge in [0.2, 0.25) is 13.1 Å². The minimum atomic E-state index is -0.513. The second-order valence-corrected chi connectivity index (χ2v) is 7.26. The van der Waals surface area contributed by atoms with Crippen LogP contribution < -0.4 is 0 Å². The number of nitro groups is 2. The standard InChI is InChI=1S/C21H22N2O5/c24-21-17(19(13-22(25)26)15-7-3-1-4-8-15)11-12-18(21)20(14-23(27)28)16-9-5-2-6-10-16/h1-10,17-20H,11-14H2. The van der Waals surface area contributed by atoms with E-state index in [9.17, 15) is 25.0 Å². The second-order valence-electron chi connectivity index (χ2n) is 7.26. The lowest BCUT2D eigenvalue weighted by Crippen LogP contribution is -2.30. The Morgan fingerprint density at radius 1 is 0.750 bits per heavy atom. The summed E-state index contributed by atoms with van der Waals surface area (Å²) >= 11 is 0. The molecule has 0 amide bonds. The molecule has 0 saturated heterocycles. The van der Waals surface area contributed by atoms with Crippen LogP contribution in [0.25, 0.3) is 0 Å². The van der Waals surface area contributed by atoms with Crippen molar-refractivity contribution < 1.29 is 14.6 Å². The largest absolute Gasteiger partial charge is 0.299 e. The van der Waals surface area contributed by atoms with E-state index in [2.05, 4.69) is 0 Å². The summed E-state index contributed by atoms with van der Waals surface area (Å²) < 4.78 is 0. The average molecular weight is 382 g/mol. The smallest absolute Gasteiger partial charge is 0.211 e. The molecule has 1 aliphatic rings. The van der Waals surface area contributed by atoms with Crippen LogP contribution >= 0.6 is 0 Å². The van der Waals surface area contributed by atoms with E-state index in [4.69, 9.17) is 0 Å². The Hall–Kier alpha value is -3.09. The highest BCUT2D eigenvalue weighted by Crippen LogP contribution is 2.43. The Labute approximate surface area is 162 Å². The average Bonchev–Trinajstić information content (AvgIpc) is 3.06. The first kappa shape index (κ1) is 19.7. The minimum absolute atomic E-state index is 0.0913. The monoisotopic (exact) mass is 382 g/mol. The summed E-state index contributed by atoms with van der Waals surface area (Å²) in [5, 5.41) is 22.5. The van der Waals surface area contributed by atoms with E-state index in [1.807, 2.05) is 12.1 Å². The normalized spacial score (nSPS) is 21.2. The summed E-state index contributed by atoms with van der Waals surface area (Å²) in [4.78, 5) is 35.0. The first-order valence-electron chi connectivity index (χ1n) is 9.34. The molecule has 1 aliphatic carbocycles. The Bertz CT molecular complexity index is 771. The van der Waals surface area contributed by atoms with E-state index in [1.54, 1.807) is 48.5 Å². The van der Waals surface area contributed by atoms with Crippen molar-refractivity contribution in [3.05, 3.63) is 92.0 Å². The molecule has 0 heterocycles. The Balaban J connectivity index is 1.88. The lowest BCUT2D eigenvalue weighted by Gasteiger charge is -2.22. The van der Waals surface area contributed by atoms with Crippen molar-refractivity contribution in [1.82, 2.24) is 0 Å². The van der Waals surface area contributed by atoms with Crippen molar-refractivity contribution in [1.29, 1.82) is 0 Å². The highest BCUT2D eigenvalue weighted by Gasteiger charge is 2.45. The number of rotatable bonds is 8. The summed E-state index contributed by atoms with van der Waals surface area (Å²) in [6.07, 6.45) is 1.02. The molecule has 0 radical (unpaired) electrons. The fourth-order valence-electron chi connectivity index (χ4n) is 4.37. The number of nitrogens with zero attached hydrogens (tertiary/aromatic N) is 2. The van der Waals surface area contributed by atoms with E-state index in [0.29, 0.717) is 12.8 Å². The number of hydrogen-bond donors (Lipinski definition) is 0. The third-order valence-corrected chi connectivity index (χ3v) is 5.64. The molecule has 0 spiro atoms. The van der Waals surface area contributed by atoms with Gasteiger partial charge < -0.3 is 0 Å². The van der Waals surface area contributed by atoms with E-state index in [1.165, 1.54) is 0 Å². The van der Waals surface area contributed by atoms with Gasteiger partial charge in [-0.3, -0.25) is 25.0 Å². The van der Waals surface area contributed by atoms with Crippen molar-refractivity contribution in [3.8, 4) is 0 Å². The van der Waals surface area contributed by atoms with Crippen molar-refractivity contribution >= 4 is 5.78 Å². The molecular formula is C21H22N2O5. The van der Waals surface area contributed by atoms with E-state index < -0.39 is 23.7 Å². The molecule has 2 aromatic rings. The summed E-state index contributed by atoms with van der Waals surface area (Å²) in [5.41, 5.74) is 1.53. The first-order chi connectivity index (χ1) is 13.5. The van der Waals surface area contributed by atoms with Gasteiger partial charge in [0.1, 0.15) is 5.78 Å². The minimum Gasteiger partial charge on any atom is -0.299 e. The van der Waals surface area contributed by atoms with E-state index in [-0.39, 0.29) is 28.7 Å². The van der Waals surface area contributed by atoms with Gasteiger partial charge in [-0.25, -0.2) is 0 Å². The SMILES string of the molecule is O=C1C(C(C[N+](=O)[O-])c2ccccc2)CCC1C(C[N+](=O)[O-])c1ccccc1. The van der Waals surface area contributed by atoms with Gasteiger partial charge in [-0.15, -0.1) is 0 Å². The molecule has 1 fully saturated rings. The van der Waals surface area contributed by atoms with E-state index >= 15 is 0 Å². The molecule has 1 saturated carbocycles. The van der Waals surface area contributed by atoms with Gasteiger partial charge in [-0.05, 0) is 24.0 Å². The second kappa shape index (κ2) is 8.73. The Morgan fingerprint density at radius 3 is 1.43 bits per heavy atom. The number of Topliss-reactive ketones (excluding diaryl/α,β-unsaturated/α-hetero) is 1. The third-order valence-electron chi connectivity index (χ3n) is 5.64. The molecule has 146 valence electrons. The van der Waals surface area contributed by atoms with Crippen molar-refractivity contribution in [2.75, 3.05) is 13.1 Å². The zero-order valence-electron chi connectivity index (χ0n) is 15.3. The lowest BCUT2D eigenvalue weighted by molar-refractivity contribution is -0.484. The number of hydrogen-bond acceptors (Lipinski definition) is 5. The number of carbonyl (C=O) groups is 1. The molecule has 4 atom stereocenters. The molecule has 0 bridgehead atoms. The first-order valence-corrected chi connectivity index (χ1v) is 9.34. The molecule has 4 unspecified atom stereocenters. The van der Waals surface area contributed by atoms with Crippen LogP contribution in [0.15, 0.2) is 60.7 Å². The van der Waals surface area contributed by atoms with Crippen LogP contribution in [0.2, 0.25) is 0 Å². The quantitative estimate of drug-likeness (QED) is 0.511. The lowest BCUT2D eigenvalue weighted by atomic mass is 9.80. The summed E-state index contributed by atoms with van der Waals surface area (Å²) in [7, 11) is 0. The van der Waals surface area contributed by atoms with Gasteiger partial charge >= 0.3 is 0 Å². The fourth-order valence-corrected chi connectivity index (χ4v) is 4.37. The van der Waals surface area contributed by atoms with Crippen molar-refractivity contribution in [3.63, 3.8) is 0 Å². The third kappa shape index (κ3) is 4.42. The number of carbonyl (C=O) groups excluding carboxylic acids is 1. The number of benzene rings is 2. The predicted octanol–water partition coefficient (Wildman–Crippen LogP) is 3.70. The molecule has 2 aromatic carbocycles. The van der Waals surface area contributed by atoms with Gasteiger partial charge in [0.05, 0.1) is 11.8 Å². The van der Waals surface area contributed by atoms with Crippen LogP contribution in [0.5, 0.6) is 0 Å². The summed E-state index contributed by atoms with van der Waals surface area (Å²) in [6, 6.07) is 18.1. The zero-order valence-corrected chi connectivity index (χ0v) is 15.3. The highest BCUT2D eigenvalue weighted by molar-refractivity contribution is 5.87. The van der Waals surface area contributed by atoms with Crippen LogP contribution in [-0.2, 0) is 4.79 Å². The maximum atomic E-state index is 13.3. The molecular weight excluding hydrogens is 360 g/mol. The topological polar surface area (TPSA) is 103 Å². The molecule has 7 heteroatoms. The Kier molecular flexibility index (Phi) is 6.13.